The maximum Gasteiger partial charge on any atom is 0.204 e. The number of hydrogen-bond donors (Lipinski definition) is 3. The van der Waals surface area contributed by atoms with Crippen LogP contribution in [0.15, 0.2) is 60.8 Å². The number of rotatable bonds is 7. The molecule has 0 spiro atoms. The minimum absolute atomic E-state index is 0.223. The van der Waals surface area contributed by atoms with E-state index in [1.54, 1.807) is 6.20 Å². The molecule has 1 aliphatic rings. The number of halogens is 1. The number of fused-ring (bicyclic) bond motifs is 1. The second-order valence-electron chi connectivity index (χ2n) is 8.92. The molecule has 2 aromatic heterocycles. The highest BCUT2D eigenvalue weighted by molar-refractivity contribution is 5.78. The van der Waals surface area contributed by atoms with Crippen molar-refractivity contribution in [1.82, 2.24) is 19.4 Å². The Labute approximate surface area is 198 Å². The lowest BCUT2D eigenvalue weighted by Gasteiger charge is -2.32. The van der Waals surface area contributed by atoms with E-state index in [9.17, 15) is 4.39 Å². The summed E-state index contributed by atoms with van der Waals surface area (Å²) in [7, 11) is 0. The maximum atomic E-state index is 13.4. The molecule has 0 unspecified atom stereocenters. The minimum Gasteiger partial charge on any atom is -0.396 e. The summed E-state index contributed by atoms with van der Waals surface area (Å²) in [5.74, 6) is 1.05. The largest absolute Gasteiger partial charge is 0.396 e. The Bertz CT molecular complexity index is 1260. The maximum absolute atomic E-state index is 13.4. The van der Waals surface area contributed by atoms with Crippen molar-refractivity contribution in [2.75, 3.05) is 36.4 Å². The van der Waals surface area contributed by atoms with E-state index in [1.165, 1.54) is 12.1 Å². The summed E-state index contributed by atoms with van der Waals surface area (Å²) in [5.41, 5.74) is 16.6. The lowest BCUT2D eigenvalue weighted by molar-refractivity contribution is 0.221. The molecule has 34 heavy (non-hydrogen) atoms. The van der Waals surface area contributed by atoms with Crippen molar-refractivity contribution in [2.45, 2.75) is 31.8 Å². The average molecular weight is 460 g/mol. The van der Waals surface area contributed by atoms with Gasteiger partial charge in [0.2, 0.25) is 5.95 Å². The molecule has 0 saturated carbocycles. The Morgan fingerprint density at radius 1 is 1.00 bits per heavy atom. The SMILES string of the molecule is Nc1nccc(CCN2CCC(Nc3nc4ccccc4n3Cc3ccc(F)cc3)CC2)c1N. The molecule has 1 saturated heterocycles. The van der Waals surface area contributed by atoms with Gasteiger partial charge in [-0.2, -0.15) is 0 Å². The van der Waals surface area contributed by atoms with Gasteiger partial charge in [0.05, 0.1) is 23.3 Å². The number of nitrogen functional groups attached to an aromatic ring is 2. The molecule has 0 amide bonds. The fourth-order valence-electron chi connectivity index (χ4n) is 4.63. The molecule has 5 N–H and O–H groups in total. The highest BCUT2D eigenvalue weighted by Crippen LogP contribution is 2.24. The first-order valence-electron chi connectivity index (χ1n) is 11.7. The minimum atomic E-state index is -0.223. The van der Waals surface area contributed by atoms with Gasteiger partial charge in [-0.05, 0) is 60.7 Å². The smallest absolute Gasteiger partial charge is 0.204 e. The van der Waals surface area contributed by atoms with Crippen molar-refractivity contribution < 1.29 is 4.39 Å². The van der Waals surface area contributed by atoms with Gasteiger partial charge < -0.3 is 26.3 Å². The van der Waals surface area contributed by atoms with E-state index in [-0.39, 0.29) is 5.82 Å². The molecule has 1 aliphatic heterocycles. The fraction of sp³-hybridized carbons (Fsp3) is 0.308. The summed E-state index contributed by atoms with van der Waals surface area (Å²) in [6.07, 6.45) is 4.65. The molecule has 3 heterocycles. The number of nitrogens with two attached hydrogens (primary N) is 2. The summed E-state index contributed by atoms with van der Waals surface area (Å²) in [6, 6.07) is 17.1. The molecule has 1 fully saturated rings. The standard InChI is InChI=1S/C26H30FN7/c27-20-7-5-18(6-8-20)17-34-23-4-2-1-3-22(23)32-26(34)31-21-11-15-33(16-12-21)14-10-19-9-13-30-25(29)24(19)28/h1-9,13,21H,10-12,14-17,28H2,(H2,29,30)(H,31,32). The van der Waals surface area contributed by atoms with Gasteiger partial charge in [0.15, 0.2) is 0 Å². The van der Waals surface area contributed by atoms with E-state index in [2.05, 4.69) is 25.8 Å². The number of nitrogens with one attached hydrogen (secondary N) is 1. The van der Waals surface area contributed by atoms with Crippen LogP contribution in [0.5, 0.6) is 0 Å². The molecular formula is C26H30FN7. The van der Waals surface area contributed by atoms with Crippen LogP contribution in [0.1, 0.15) is 24.0 Å². The first kappa shape index (κ1) is 22.2. The summed E-state index contributed by atoms with van der Waals surface area (Å²) in [5, 5.41) is 3.69. The van der Waals surface area contributed by atoms with Crippen LogP contribution in [0.3, 0.4) is 0 Å². The van der Waals surface area contributed by atoms with E-state index in [4.69, 9.17) is 16.5 Å². The predicted molar refractivity (Wildman–Crippen MR) is 135 cm³/mol. The highest BCUT2D eigenvalue weighted by Gasteiger charge is 2.21. The van der Waals surface area contributed by atoms with Crippen LogP contribution >= 0.6 is 0 Å². The van der Waals surface area contributed by atoms with Gasteiger partial charge in [-0.1, -0.05) is 24.3 Å². The summed E-state index contributed by atoms with van der Waals surface area (Å²) in [6.45, 7) is 3.61. The third kappa shape index (κ3) is 4.82. The van der Waals surface area contributed by atoms with E-state index in [0.29, 0.717) is 24.1 Å². The van der Waals surface area contributed by atoms with Crippen LogP contribution in [0.4, 0.5) is 21.8 Å². The summed E-state index contributed by atoms with van der Waals surface area (Å²) < 4.78 is 15.6. The van der Waals surface area contributed by atoms with E-state index >= 15 is 0 Å². The van der Waals surface area contributed by atoms with Crippen LogP contribution in [0, 0.1) is 5.82 Å². The number of para-hydroxylation sites is 2. The average Bonchev–Trinajstić information content (AvgIpc) is 3.19. The Morgan fingerprint density at radius 2 is 1.76 bits per heavy atom. The summed E-state index contributed by atoms with van der Waals surface area (Å²) in [4.78, 5) is 11.4. The molecule has 4 aromatic rings. The molecule has 2 aromatic carbocycles. The number of imidazole rings is 1. The molecule has 8 heteroatoms. The number of piperidine rings is 1. The Hall–Kier alpha value is -3.65. The Morgan fingerprint density at radius 3 is 2.56 bits per heavy atom. The second kappa shape index (κ2) is 9.69. The second-order valence-corrected chi connectivity index (χ2v) is 8.92. The predicted octanol–water partition coefficient (Wildman–Crippen LogP) is 3.90. The number of likely N-dealkylation sites (tertiary alicyclic amines) is 1. The number of aromatic nitrogens is 3. The van der Waals surface area contributed by atoms with Crippen LogP contribution in [0.2, 0.25) is 0 Å². The van der Waals surface area contributed by atoms with Gasteiger partial charge in [-0.25, -0.2) is 14.4 Å². The van der Waals surface area contributed by atoms with Crippen LogP contribution < -0.4 is 16.8 Å². The molecule has 0 atom stereocenters. The Balaban J connectivity index is 1.23. The van der Waals surface area contributed by atoms with Crippen molar-refractivity contribution in [3.05, 3.63) is 77.7 Å². The zero-order valence-electron chi connectivity index (χ0n) is 19.1. The van der Waals surface area contributed by atoms with Crippen molar-refractivity contribution in [2.24, 2.45) is 0 Å². The van der Waals surface area contributed by atoms with Crippen LogP contribution in [-0.4, -0.2) is 45.1 Å². The highest BCUT2D eigenvalue weighted by atomic mass is 19.1. The monoisotopic (exact) mass is 459 g/mol. The van der Waals surface area contributed by atoms with Crippen LogP contribution in [0.25, 0.3) is 11.0 Å². The van der Waals surface area contributed by atoms with E-state index < -0.39 is 0 Å². The quantitative estimate of drug-likeness (QED) is 0.388. The van der Waals surface area contributed by atoms with Gasteiger partial charge in [-0.15, -0.1) is 0 Å². The van der Waals surface area contributed by atoms with Gasteiger partial charge in [0.1, 0.15) is 11.6 Å². The van der Waals surface area contributed by atoms with Crippen molar-refractivity contribution in [3.63, 3.8) is 0 Å². The van der Waals surface area contributed by atoms with E-state index in [0.717, 1.165) is 67.0 Å². The topological polar surface area (TPSA) is 98.0 Å². The van der Waals surface area contributed by atoms with Crippen molar-refractivity contribution in [3.8, 4) is 0 Å². The zero-order chi connectivity index (χ0) is 23.5. The number of hydrogen-bond acceptors (Lipinski definition) is 6. The molecule has 0 radical (unpaired) electrons. The molecule has 0 aliphatic carbocycles. The normalized spacial score (nSPS) is 15.1. The van der Waals surface area contributed by atoms with Gasteiger partial charge in [0, 0.05) is 31.9 Å². The first-order valence-corrected chi connectivity index (χ1v) is 11.7. The molecule has 0 bridgehead atoms. The Kier molecular flexibility index (Phi) is 6.31. The number of anilines is 3. The number of benzene rings is 2. The van der Waals surface area contributed by atoms with Gasteiger partial charge in [0.25, 0.3) is 0 Å². The van der Waals surface area contributed by atoms with Crippen molar-refractivity contribution >= 4 is 28.5 Å². The van der Waals surface area contributed by atoms with Gasteiger partial charge in [-0.3, -0.25) is 0 Å². The molecular weight excluding hydrogens is 429 g/mol. The first-order chi connectivity index (χ1) is 16.6. The molecule has 7 nitrogen and oxygen atoms in total. The van der Waals surface area contributed by atoms with Crippen LogP contribution in [-0.2, 0) is 13.0 Å². The number of nitrogens with zero attached hydrogens (tertiary/aromatic N) is 4. The van der Waals surface area contributed by atoms with Crippen molar-refractivity contribution in [1.29, 1.82) is 0 Å². The summed E-state index contributed by atoms with van der Waals surface area (Å²) >= 11 is 0. The van der Waals surface area contributed by atoms with E-state index in [1.807, 2.05) is 36.4 Å². The number of pyridine rings is 1. The molecule has 5 rings (SSSR count). The lowest BCUT2D eigenvalue weighted by atomic mass is 10.0. The molecule has 176 valence electrons. The zero-order valence-corrected chi connectivity index (χ0v) is 19.1. The third-order valence-corrected chi connectivity index (χ3v) is 6.64. The third-order valence-electron chi connectivity index (χ3n) is 6.64. The van der Waals surface area contributed by atoms with Gasteiger partial charge >= 0.3 is 0 Å². The fourth-order valence-corrected chi connectivity index (χ4v) is 4.63. The lowest BCUT2D eigenvalue weighted by Crippen LogP contribution is -2.40.